The Bertz CT molecular complexity index is 1150. The molecule has 1 amide bonds. The van der Waals surface area contributed by atoms with E-state index in [4.69, 9.17) is 9.47 Å². The zero-order valence-electron chi connectivity index (χ0n) is 21.6. The molecule has 36 heavy (non-hydrogen) atoms. The molecule has 2 heterocycles. The molecule has 0 bridgehead atoms. The van der Waals surface area contributed by atoms with E-state index in [2.05, 4.69) is 18.7 Å². The molecule has 1 N–H and O–H groups in total. The first-order chi connectivity index (χ1) is 17.4. The molecule has 2 aromatic carbocycles. The van der Waals surface area contributed by atoms with Crippen LogP contribution in [0.25, 0.3) is 5.76 Å². The number of ether oxygens (including phenoxy) is 2. The number of nitrogens with zero attached hydrogens (tertiary/aromatic N) is 2. The van der Waals surface area contributed by atoms with Crippen molar-refractivity contribution in [1.29, 1.82) is 0 Å². The lowest BCUT2D eigenvalue weighted by molar-refractivity contribution is -0.140. The van der Waals surface area contributed by atoms with Crippen LogP contribution in [0.2, 0.25) is 0 Å². The number of hydrogen-bond donors (Lipinski definition) is 1. The summed E-state index contributed by atoms with van der Waals surface area (Å²) in [6.45, 7) is 11.5. The number of carbonyl (C=O) groups excluding carboxylic acids is 2. The van der Waals surface area contributed by atoms with Gasteiger partial charge < -0.3 is 24.4 Å². The number of hydrogen-bond acceptors (Lipinski definition) is 6. The lowest BCUT2D eigenvalue weighted by Gasteiger charge is -2.28. The van der Waals surface area contributed by atoms with E-state index >= 15 is 0 Å². The molecule has 2 aliphatic rings. The van der Waals surface area contributed by atoms with Gasteiger partial charge in [-0.2, -0.15) is 0 Å². The Kier molecular flexibility index (Phi) is 7.99. The highest BCUT2D eigenvalue weighted by Gasteiger charge is 2.46. The first-order valence-electron chi connectivity index (χ1n) is 12.9. The molecule has 0 saturated carbocycles. The molecule has 0 aliphatic carbocycles. The van der Waals surface area contributed by atoms with Crippen LogP contribution in [-0.2, 0) is 16.0 Å². The standard InChI is InChI=1S/C29H36N2O5/c1-5-15-35-23-10-8-9-20(18-23)26-25(28(33)29(34)31(26)14-13-30(6-2)7-3)27(32)21-11-12-24-22(17-21)16-19(4)36-24/h8-12,17-19,26,32H,5-7,13-16H2,1-4H3/t19-,26-/m0/s1. The van der Waals surface area contributed by atoms with E-state index < -0.39 is 17.7 Å². The van der Waals surface area contributed by atoms with Crippen molar-refractivity contribution in [1.82, 2.24) is 9.80 Å². The summed E-state index contributed by atoms with van der Waals surface area (Å²) < 4.78 is 11.6. The Labute approximate surface area is 213 Å². The van der Waals surface area contributed by atoms with E-state index in [9.17, 15) is 14.7 Å². The molecular weight excluding hydrogens is 456 g/mol. The average Bonchev–Trinajstić information content (AvgIpc) is 3.38. The highest BCUT2D eigenvalue weighted by Crippen LogP contribution is 2.41. The molecule has 0 radical (unpaired) electrons. The first-order valence-corrected chi connectivity index (χ1v) is 12.9. The molecule has 0 unspecified atom stereocenters. The predicted octanol–water partition coefficient (Wildman–Crippen LogP) is 4.56. The number of fused-ring (bicyclic) bond motifs is 1. The number of benzene rings is 2. The van der Waals surface area contributed by atoms with Crippen molar-refractivity contribution in [2.24, 2.45) is 0 Å². The van der Waals surface area contributed by atoms with E-state index in [0.29, 0.717) is 31.0 Å². The number of aliphatic hydroxyl groups is 1. The molecule has 4 rings (SSSR count). The van der Waals surface area contributed by atoms with E-state index in [-0.39, 0.29) is 17.4 Å². The summed E-state index contributed by atoms with van der Waals surface area (Å²) in [6.07, 6.45) is 1.66. The molecule has 1 fully saturated rings. The number of likely N-dealkylation sites (tertiary alicyclic amines) is 1. The van der Waals surface area contributed by atoms with Gasteiger partial charge in [0.25, 0.3) is 11.7 Å². The van der Waals surface area contributed by atoms with Crippen molar-refractivity contribution >= 4 is 17.4 Å². The SMILES string of the molecule is CCCOc1cccc([C@H]2C(=C(O)c3ccc4c(c3)C[C@H](C)O4)C(=O)C(=O)N2CCN(CC)CC)c1. The van der Waals surface area contributed by atoms with Gasteiger partial charge in [-0.1, -0.05) is 32.9 Å². The number of amides is 1. The lowest BCUT2D eigenvalue weighted by Crippen LogP contribution is -2.38. The molecule has 2 atom stereocenters. The topological polar surface area (TPSA) is 79.3 Å². The van der Waals surface area contributed by atoms with Gasteiger partial charge in [-0.05, 0) is 67.9 Å². The third kappa shape index (κ3) is 5.12. The predicted molar refractivity (Wildman–Crippen MR) is 139 cm³/mol. The van der Waals surface area contributed by atoms with Crippen LogP contribution in [0.4, 0.5) is 0 Å². The van der Waals surface area contributed by atoms with Crippen molar-refractivity contribution in [3.05, 3.63) is 64.7 Å². The third-order valence-electron chi connectivity index (χ3n) is 6.91. The van der Waals surface area contributed by atoms with Crippen LogP contribution in [0.5, 0.6) is 11.5 Å². The molecule has 2 aromatic rings. The number of rotatable bonds is 10. The minimum Gasteiger partial charge on any atom is -0.507 e. The van der Waals surface area contributed by atoms with E-state index in [1.165, 1.54) is 0 Å². The zero-order valence-corrected chi connectivity index (χ0v) is 21.6. The summed E-state index contributed by atoms with van der Waals surface area (Å²) in [4.78, 5) is 30.4. The van der Waals surface area contributed by atoms with Crippen LogP contribution in [0.3, 0.4) is 0 Å². The second-order valence-corrected chi connectivity index (χ2v) is 9.40. The maximum Gasteiger partial charge on any atom is 0.295 e. The number of likely N-dealkylation sites (N-methyl/N-ethyl adjacent to an activating group) is 1. The summed E-state index contributed by atoms with van der Waals surface area (Å²) in [7, 11) is 0. The zero-order chi connectivity index (χ0) is 25.8. The average molecular weight is 493 g/mol. The molecule has 1 saturated heterocycles. The van der Waals surface area contributed by atoms with Gasteiger partial charge in [0.05, 0.1) is 18.2 Å². The molecular formula is C29H36N2O5. The minimum atomic E-state index is -0.700. The van der Waals surface area contributed by atoms with Gasteiger partial charge in [0, 0.05) is 25.1 Å². The molecule has 0 spiro atoms. The minimum absolute atomic E-state index is 0.0638. The lowest BCUT2D eigenvalue weighted by atomic mass is 9.94. The monoisotopic (exact) mass is 492 g/mol. The van der Waals surface area contributed by atoms with Gasteiger partial charge in [-0.3, -0.25) is 9.59 Å². The van der Waals surface area contributed by atoms with Crippen molar-refractivity contribution < 1.29 is 24.2 Å². The van der Waals surface area contributed by atoms with Gasteiger partial charge in [0.15, 0.2) is 0 Å². The van der Waals surface area contributed by atoms with E-state index in [1.807, 2.05) is 50.2 Å². The third-order valence-corrected chi connectivity index (χ3v) is 6.91. The summed E-state index contributed by atoms with van der Waals surface area (Å²) >= 11 is 0. The summed E-state index contributed by atoms with van der Waals surface area (Å²) in [5, 5.41) is 11.4. The maximum atomic E-state index is 13.4. The highest BCUT2D eigenvalue weighted by molar-refractivity contribution is 6.46. The van der Waals surface area contributed by atoms with Crippen LogP contribution in [0.1, 0.15) is 56.8 Å². The number of aliphatic hydroxyl groups excluding tert-OH is 1. The largest absolute Gasteiger partial charge is 0.507 e. The quantitative estimate of drug-likeness (QED) is 0.298. The van der Waals surface area contributed by atoms with E-state index in [1.54, 1.807) is 11.0 Å². The second kappa shape index (κ2) is 11.2. The fourth-order valence-corrected chi connectivity index (χ4v) is 4.97. The molecule has 192 valence electrons. The second-order valence-electron chi connectivity index (χ2n) is 9.40. The normalized spacial score (nSPS) is 20.6. The van der Waals surface area contributed by atoms with Gasteiger partial charge in [0.1, 0.15) is 23.4 Å². The van der Waals surface area contributed by atoms with E-state index in [0.717, 1.165) is 42.8 Å². The Morgan fingerprint density at radius 1 is 1.14 bits per heavy atom. The van der Waals surface area contributed by atoms with Crippen LogP contribution in [0, 0.1) is 0 Å². The number of Topliss-reactive ketones (excluding diaryl/α,β-unsaturated/α-hetero) is 1. The van der Waals surface area contributed by atoms with Crippen molar-refractivity contribution in [2.45, 2.75) is 52.7 Å². The maximum absolute atomic E-state index is 13.4. The van der Waals surface area contributed by atoms with Gasteiger partial charge >= 0.3 is 0 Å². The molecule has 7 nitrogen and oxygen atoms in total. The van der Waals surface area contributed by atoms with Crippen molar-refractivity contribution in [3.63, 3.8) is 0 Å². The van der Waals surface area contributed by atoms with Gasteiger partial charge in [0.2, 0.25) is 0 Å². The fraction of sp³-hybridized carbons (Fsp3) is 0.448. The fourth-order valence-electron chi connectivity index (χ4n) is 4.97. The van der Waals surface area contributed by atoms with Crippen LogP contribution in [0.15, 0.2) is 48.0 Å². The Hall–Kier alpha value is -3.32. The van der Waals surface area contributed by atoms with Crippen LogP contribution < -0.4 is 9.47 Å². The Morgan fingerprint density at radius 2 is 1.92 bits per heavy atom. The number of carbonyl (C=O) groups is 2. The smallest absolute Gasteiger partial charge is 0.295 e. The molecule has 7 heteroatoms. The summed E-state index contributed by atoms with van der Waals surface area (Å²) in [5.41, 5.74) is 2.34. The number of ketones is 1. The van der Waals surface area contributed by atoms with Gasteiger partial charge in [-0.25, -0.2) is 0 Å². The van der Waals surface area contributed by atoms with Crippen LogP contribution >= 0.6 is 0 Å². The van der Waals surface area contributed by atoms with Crippen LogP contribution in [-0.4, -0.2) is 65.5 Å². The molecule has 0 aromatic heterocycles. The molecule has 2 aliphatic heterocycles. The first kappa shape index (κ1) is 25.8. The van der Waals surface area contributed by atoms with Crippen molar-refractivity contribution in [2.75, 3.05) is 32.8 Å². The summed E-state index contributed by atoms with van der Waals surface area (Å²) in [6, 6.07) is 12.2. The summed E-state index contributed by atoms with van der Waals surface area (Å²) in [5.74, 6) is 0.0445. The Balaban J connectivity index is 1.78. The Morgan fingerprint density at radius 3 is 2.64 bits per heavy atom. The van der Waals surface area contributed by atoms with Gasteiger partial charge in [-0.15, -0.1) is 0 Å². The highest BCUT2D eigenvalue weighted by atomic mass is 16.5. The van der Waals surface area contributed by atoms with Crippen molar-refractivity contribution in [3.8, 4) is 11.5 Å².